The van der Waals surface area contributed by atoms with Gasteiger partial charge in [0.05, 0.1) is 0 Å². The summed E-state index contributed by atoms with van der Waals surface area (Å²) in [5, 5.41) is 7.45. The normalized spacial score (nSPS) is 24.9. The Hall–Kier alpha value is 0.0569. The molecule has 0 spiro atoms. The van der Waals surface area contributed by atoms with Gasteiger partial charge in [0.25, 0.3) is 0 Å². The SMILES string of the molecule is CCO.CCOC1(CC)CCCC[Si]1(OCC)OCC. The van der Waals surface area contributed by atoms with E-state index >= 15 is 0 Å². The first kappa shape index (κ1) is 20.1. The number of ether oxygens (including phenoxy) is 1. The van der Waals surface area contributed by atoms with E-state index in [1.165, 1.54) is 12.8 Å². The van der Waals surface area contributed by atoms with Gasteiger partial charge in [0, 0.05) is 26.4 Å². The lowest BCUT2D eigenvalue weighted by Gasteiger charge is -2.49. The van der Waals surface area contributed by atoms with Crippen LogP contribution in [0.1, 0.15) is 60.3 Å². The van der Waals surface area contributed by atoms with Gasteiger partial charge < -0.3 is 18.7 Å². The monoisotopic (exact) mass is 306 g/mol. The van der Waals surface area contributed by atoms with Crippen LogP contribution >= 0.6 is 0 Å². The van der Waals surface area contributed by atoms with E-state index in [1.54, 1.807) is 6.92 Å². The van der Waals surface area contributed by atoms with Crippen LogP contribution in [0.3, 0.4) is 0 Å². The van der Waals surface area contributed by atoms with Gasteiger partial charge in [-0.05, 0) is 46.6 Å². The summed E-state index contributed by atoms with van der Waals surface area (Å²) in [4.78, 5) is 0. The van der Waals surface area contributed by atoms with Crippen molar-refractivity contribution in [1.82, 2.24) is 0 Å². The van der Waals surface area contributed by atoms with Crippen LogP contribution in [0.25, 0.3) is 0 Å². The first-order chi connectivity index (χ1) is 9.61. The fraction of sp³-hybridized carbons (Fsp3) is 1.00. The summed E-state index contributed by atoms with van der Waals surface area (Å²) in [6.45, 7) is 12.6. The van der Waals surface area contributed by atoms with Crippen LogP contribution in [0, 0.1) is 0 Å². The quantitative estimate of drug-likeness (QED) is 0.732. The zero-order valence-corrected chi connectivity index (χ0v) is 15.0. The average molecular weight is 307 g/mol. The molecule has 0 bridgehead atoms. The largest absolute Gasteiger partial charge is 0.397 e. The maximum Gasteiger partial charge on any atom is 0.371 e. The molecular weight excluding hydrogens is 272 g/mol. The van der Waals surface area contributed by atoms with E-state index in [2.05, 4.69) is 27.7 Å². The summed E-state index contributed by atoms with van der Waals surface area (Å²) in [5.74, 6) is 0. The van der Waals surface area contributed by atoms with Crippen molar-refractivity contribution in [2.75, 3.05) is 26.4 Å². The predicted octanol–water partition coefficient (Wildman–Crippen LogP) is 3.41. The Morgan fingerprint density at radius 1 is 0.950 bits per heavy atom. The van der Waals surface area contributed by atoms with Crippen LogP contribution in [-0.4, -0.2) is 45.3 Å². The molecule has 0 saturated carbocycles. The van der Waals surface area contributed by atoms with Gasteiger partial charge in [-0.3, -0.25) is 0 Å². The number of aliphatic hydroxyl groups excluding tert-OH is 1. The fourth-order valence-electron chi connectivity index (χ4n) is 3.11. The van der Waals surface area contributed by atoms with Crippen LogP contribution in [0.15, 0.2) is 0 Å². The smallest absolute Gasteiger partial charge is 0.371 e. The van der Waals surface area contributed by atoms with Crippen LogP contribution in [0.5, 0.6) is 0 Å². The van der Waals surface area contributed by atoms with Crippen molar-refractivity contribution in [3.8, 4) is 0 Å². The molecular formula is C15H34O4Si. The highest BCUT2D eigenvalue weighted by Gasteiger charge is 2.58. The van der Waals surface area contributed by atoms with Gasteiger partial charge in [-0.1, -0.05) is 19.8 Å². The summed E-state index contributed by atoms with van der Waals surface area (Å²) in [6, 6.07) is 1.09. The minimum Gasteiger partial charge on any atom is -0.397 e. The van der Waals surface area contributed by atoms with Crippen molar-refractivity contribution < 1.29 is 18.7 Å². The topological polar surface area (TPSA) is 47.9 Å². The molecule has 1 unspecified atom stereocenters. The van der Waals surface area contributed by atoms with E-state index in [-0.39, 0.29) is 11.8 Å². The minimum atomic E-state index is -2.21. The van der Waals surface area contributed by atoms with Crippen LogP contribution in [0.2, 0.25) is 6.04 Å². The standard InChI is InChI=1S/C13H28O3Si.C2H6O/c1-5-13(14-6-2)11-9-10-12-17(13,15-7-3)16-8-4;1-2-3/h5-12H2,1-4H3;3H,2H2,1H3. The average Bonchev–Trinajstić information content (AvgIpc) is 2.43. The third-order valence-corrected chi connectivity index (χ3v) is 8.44. The summed E-state index contributed by atoms with van der Waals surface area (Å²) in [6.07, 6.45) is 4.57. The summed E-state index contributed by atoms with van der Waals surface area (Å²) < 4.78 is 18.5. The molecule has 0 aromatic rings. The predicted molar refractivity (Wildman–Crippen MR) is 85.1 cm³/mol. The van der Waals surface area contributed by atoms with Gasteiger partial charge >= 0.3 is 8.56 Å². The Labute approximate surface area is 126 Å². The van der Waals surface area contributed by atoms with Crippen molar-refractivity contribution in [3.05, 3.63) is 0 Å². The molecule has 1 atom stereocenters. The van der Waals surface area contributed by atoms with Gasteiger partial charge in [-0.2, -0.15) is 0 Å². The number of hydrogen-bond acceptors (Lipinski definition) is 4. The summed E-state index contributed by atoms with van der Waals surface area (Å²) in [7, 11) is -2.21. The molecule has 0 amide bonds. The minimum absolute atomic E-state index is 0.119. The molecule has 1 fully saturated rings. The zero-order chi connectivity index (χ0) is 15.5. The molecule has 0 radical (unpaired) electrons. The highest BCUT2D eigenvalue weighted by Crippen LogP contribution is 2.42. The van der Waals surface area contributed by atoms with Gasteiger partial charge in [0.1, 0.15) is 5.22 Å². The Kier molecular flexibility index (Phi) is 10.8. The molecule has 1 aliphatic heterocycles. The Balaban J connectivity index is 0.00000110. The molecule has 122 valence electrons. The number of hydrogen-bond donors (Lipinski definition) is 1. The van der Waals surface area contributed by atoms with E-state index < -0.39 is 8.56 Å². The number of aliphatic hydroxyl groups is 1. The molecule has 5 heteroatoms. The van der Waals surface area contributed by atoms with Crippen molar-refractivity contribution in [1.29, 1.82) is 0 Å². The molecule has 1 rings (SSSR count). The summed E-state index contributed by atoms with van der Waals surface area (Å²) >= 11 is 0. The van der Waals surface area contributed by atoms with Gasteiger partial charge in [-0.15, -0.1) is 0 Å². The van der Waals surface area contributed by atoms with E-state index in [0.29, 0.717) is 0 Å². The van der Waals surface area contributed by atoms with E-state index in [9.17, 15) is 0 Å². The van der Waals surface area contributed by atoms with Crippen molar-refractivity contribution in [2.24, 2.45) is 0 Å². The second kappa shape index (κ2) is 10.7. The highest BCUT2D eigenvalue weighted by molar-refractivity contribution is 6.70. The maximum absolute atomic E-state index is 7.57. The van der Waals surface area contributed by atoms with Crippen molar-refractivity contribution in [3.63, 3.8) is 0 Å². The molecule has 0 aliphatic carbocycles. The Morgan fingerprint density at radius 2 is 1.50 bits per heavy atom. The Bertz CT molecular complexity index is 222. The molecule has 1 heterocycles. The molecule has 1 saturated heterocycles. The van der Waals surface area contributed by atoms with E-state index in [0.717, 1.165) is 38.7 Å². The fourth-order valence-corrected chi connectivity index (χ4v) is 7.57. The molecule has 0 aromatic heterocycles. The van der Waals surface area contributed by atoms with Gasteiger partial charge in [0.2, 0.25) is 0 Å². The van der Waals surface area contributed by atoms with Crippen molar-refractivity contribution >= 4 is 8.56 Å². The van der Waals surface area contributed by atoms with E-state index in [1.807, 2.05) is 0 Å². The van der Waals surface area contributed by atoms with Gasteiger partial charge in [0.15, 0.2) is 0 Å². The third kappa shape index (κ3) is 4.81. The Morgan fingerprint density at radius 3 is 1.90 bits per heavy atom. The van der Waals surface area contributed by atoms with Gasteiger partial charge in [-0.25, -0.2) is 0 Å². The molecule has 20 heavy (non-hydrogen) atoms. The molecule has 1 N–H and O–H groups in total. The lowest BCUT2D eigenvalue weighted by molar-refractivity contribution is -0.0426. The molecule has 0 aromatic carbocycles. The summed E-state index contributed by atoms with van der Waals surface area (Å²) in [5.41, 5.74) is 0. The second-order valence-electron chi connectivity index (χ2n) is 4.92. The van der Waals surface area contributed by atoms with Crippen molar-refractivity contribution in [2.45, 2.75) is 71.6 Å². The lowest BCUT2D eigenvalue weighted by atomic mass is 10.1. The molecule has 4 nitrogen and oxygen atoms in total. The lowest BCUT2D eigenvalue weighted by Crippen LogP contribution is -2.65. The van der Waals surface area contributed by atoms with Crippen LogP contribution in [-0.2, 0) is 13.6 Å². The van der Waals surface area contributed by atoms with E-state index in [4.69, 9.17) is 18.7 Å². The zero-order valence-electron chi connectivity index (χ0n) is 14.0. The first-order valence-electron chi connectivity index (χ1n) is 8.14. The maximum atomic E-state index is 7.57. The van der Waals surface area contributed by atoms with Crippen LogP contribution in [0.4, 0.5) is 0 Å². The molecule has 1 aliphatic rings. The second-order valence-corrected chi connectivity index (χ2v) is 8.42. The first-order valence-corrected chi connectivity index (χ1v) is 10.2. The number of rotatable bonds is 7. The van der Waals surface area contributed by atoms with Crippen LogP contribution < -0.4 is 0 Å². The third-order valence-electron chi connectivity index (χ3n) is 3.78. The highest BCUT2D eigenvalue weighted by atomic mass is 28.4.